The van der Waals surface area contributed by atoms with Gasteiger partial charge in [-0.15, -0.1) is 0 Å². The van der Waals surface area contributed by atoms with Gasteiger partial charge in [-0.25, -0.2) is 0 Å². The highest BCUT2D eigenvalue weighted by Crippen LogP contribution is 2.29. The fourth-order valence-corrected chi connectivity index (χ4v) is 5.47. The molecule has 0 bridgehead atoms. The molecule has 1 amide bonds. The van der Waals surface area contributed by atoms with E-state index in [1.807, 2.05) is 48.7 Å². The number of nitrogens with one attached hydrogen (secondary N) is 1. The molecule has 0 spiro atoms. The molecular formula is C30H32N4O. The SMILES string of the molecule is N#Cc1ccc2c(c1)CCN(CCC1CCC(NC(=O)c3cccc(-c4cccnc4)c3)CC1)C2. The van der Waals surface area contributed by atoms with E-state index in [0.29, 0.717) is 5.56 Å². The van der Waals surface area contributed by atoms with Crippen molar-refractivity contribution in [2.75, 3.05) is 13.1 Å². The minimum Gasteiger partial charge on any atom is -0.349 e. The van der Waals surface area contributed by atoms with Gasteiger partial charge in [0.25, 0.3) is 5.91 Å². The predicted octanol–water partition coefficient (Wildman–Crippen LogP) is 5.36. The quantitative estimate of drug-likeness (QED) is 0.533. The van der Waals surface area contributed by atoms with Gasteiger partial charge in [0.2, 0.25) is 0 Å². The minimum absolute atomic E-state index is 0.0192. The van der Waals surface area contributed by atoms with Crippen molar-refractivity contribution in [2.45, 2.75) is 51.1 Å². The van der Waals surface area contributed by atoms with Crippen LogP contribution in [-0.4, -0.2) is 34.9 Å². The Morgan fingerprint density at radius 1 is 1.03 bits per heavy atom. The van der Waals surface area contributed by atoms with Crippen LogP contribution >= 0.6 is 0 Å². The summed E-state index contributed by atoms with van der Waals surface area (Å²) in [6, 6.07) is 20.3. The van der Waals surface area contributed by atoms with E-state index in [-0.39, 0.29) is 11.9 Å². The summed E-state index contributed by atoms with van der Waals surface area (Å²) in [5.74, 6) is 0.755. The van der Waals surface area contributed by atoms with Crippen LogP contribution in [-0.2, 0) is 13.0 Å². The number of fused-ring (bicyclic) bond motifs is 1. The Hall–Kier alpha value is -3.49. The Bertz CT molecular complexity index is 1210. The van der Waals surface area contributed by atoms with E-state index in [1.165, 1.54) is 30.4 Å². The van der Waals surface area contributed by atoms with E-state index in [0.717, 1.165) is 61.5 Å². The predicted molar refractivity (Wildman–Crippen MR) is 138 cm³/mol. The van der Waals surface area contributed by atoms with Gasteiger partial charge in [0.05, 0.1) is 11.6 Å². The van der Waals surface area contributed by atoms with Crippen molar-refractivity contribution in [1.29, 1.82) is 5.26 Å². The molecule has 2 aromatic carbocycles. The molecule has 1 aromatic heterocycles. The maximum absolute atomic E-state index is 12.9. The summed E-state index contributed by atoms with van der Waals surface area (Å²) in [5, 5.41) is 12.4. The van der Waals surface area contributed by atoms with E-state index in [4.69, 9.17) is 5.26 Å². The molecule has 2 heterocycles. The summed E-state index contributed by atoms with van der Waals surface area (Å²) in [7, 11) is 0. The molecule has 1 fully saturated rings. The molecule has 35 heavy (non-hydrogen) atoms. The summed E-state index contributed by atoms with van der Waals surface area (Å²) in [5.41, 5.74) is 6.21. The second-order valence-electron chi connectivity index (χ2n) is 9.92. The van der Waals surface area contributed by atoms with E-state index < -0.39 is 0 Å². The van der Waals surface area contributed by atoms with Crippen LogP contribution in [0.1, 0.15) is 59.2 Å². The molecular weight excluding hydrogens is 432 g/mol. The zero-order valence-electron chi connectivity index (χ0n) is 20.1. The molecule has 0 unspecified atom stereocenters. The largest absolute Gasteiger partial charge is 0.349 e. The van der Waals surface area contributed by atoms with Gasteiger partial charge in [0, 0.05) is 42.7 Å². The molecule has 5 rings (SSSR count). The summed E-state index contributed by atoms with van der Waals surface area (Å²) < 4.78 is 0. The normalized spacial score (nSPS) is 20.0. The zero-order chi connectivity index (χ0) is 24.0. The molecule has 178 valence electrons. The number of rotatable bonds is 6. The lowest BCUT2D eigenvalue weighted by Crippen LogP contribution is -2.38. The Kier molecular flexibility index (Phi) is 7.20. The minimum atomic E-state index is 0.0192. The number of nitriles is 1. The van der Waals surface area contributed by atoms with Crippen LogP contribution in [0, 0.1) is 17.2 Å². The summed E-state index contributed by atoms with van der Waals surface area (Å²) >= 11 is 0. The standard InChI is InChI=1S/C30H32N4O/c31-19-23-6-9-28-21-34(16-13-25(28)17-23)15-12-22-7-10-29(11-8-22)33-30(35)26-4-1-3-24(18-26)27-5-2-14-32-20-27/h1-6,9,14,17-18,20,22,29H,7-8,10-13,15-16,21H2,(H,33,35). The molecule has 0 atom stereocenters. The van der Waals surface area contributed by atoms with E-state index in [1.54, 1.807) is 6.20 Å². The summed E-state index contributed by atoms with van der Waals surface area (Å²) in [6.07, 6.45) is 10.3. The average Bonchev–Trinajstić information content (AvgIpc) is 2.93. The number of nitrogens with zero attached hydrogens (tertiary/aromatic N) is 3. The molecule has 1 aliphatic heterocycles. The first kappa shape index (κ1) is 23.3. The van der Waals surface area contributed by atoms with Crippen LogP contribution in [0.2, 0.25) is 0 Å². The van der Waals surface area contributed by atoms with Gasteiger partial charge in [0.15, 0.2) is 0 Å². The van der Waals surface area contributed by atoms with E-state index in [9.17, 15) is 4.79 Å². The summed E-state index contributed by atoms with van der Waals surface area (Å²) in [4.78, 5) is 19.6. The number of amides is 1. The second-order valence-corrected chi connectivity index (χ2v) is 9.92. The molecule has 1 saturated carbocycles. The second kappa shape index (κ2) is 10.8. The van der Waals surface area contributed by atoms with Crippen LogP contribution in [0.4, 0.5) is 0 Å². The Balaban J connectivity index is 1.07. The molecule has 1 aliphatic carbocycles. The maximum atomic E-state index is 12.9. The number of pyridine rings is 1. The van der Waals surface area contributed by atoms with Crippen LogP contribution in [0.15, 0.2) is 67.0 Å². The lowest BCUT2D eigenvalue weighted by molar-refractivity contribution is 0.0919. The topological polar surface area (TPSA) is 69.0 Å². The maximum Gasteiger partial charge on any atom is 0.251 e. The summed E-state index contributed by atoms with van der Waals surface area (Å²) in [6.45, 7) is 3.19. The molecule has 2 aliphatic rings. The Labute approximate surface area is 207 Å². The number of carbonyl (C=O) groups is 1. The Morgan fingerprint density at radius 3 is 2.69 bits per heavy atom. The van der Waals surface area contributed by atoms with Gasteiger partial charge in [-0.3, -0.25) is 14.7 Å². The molecule has 1 N–H and O–H groups in total. The monoisotopic (exact) mass is 464 g/mol. The highest BCUT2D eigenvalue weighted by Gasteiger charge is 2.24. The number of hydrogen-bond acceptors (Lipinski definition) is 4. The molecule has 0 radical (unpaired) electrons. The van der Waals surface area contributed by atoms with Gasteiger partial charge in [-0.1, -0.05) is 24.3 Å². The molecule has 3 aromatic rings. The smallest absolute Gasteiger partial charge is 0.251 e. The van der Waals surface area contributed by atoms with Crippen molar-refractivity contribution in [1.82, 2.24) is 15.2 Å². The average molecular weight is 465 g/mol. The van der Waals surface area contributed by atoms with E-state index >= 15 is 0 Å². The van der Waals surface area contributed by atoms with Gasteiger partial charge >= 0.3 is 0 Å². The zero-order valence-corrected chi connectivity index (χ0v) is 20.1. The first-order valence-corrected chi connectivity index (χ1v) is 12.7. The third-order valence-electron chi connectivity index (χ3n) is 7.58. The first-order chi connectivity index (χ1) is 17.2. The van der Waals surface area contributed by atoms with Crippen molar-refractivity contribution in [3.8, 4) is 17.2 Å². The number of aromatic nitrogens is 1. The number of benzene rings is 2. The van der Waals surface area contributed by atoms with Gasteiger partial charge < -0.3 is 5.32 Å². The fourth-order valence-electron chi connectivity index (χ4n) is 5.47. The van der Waals surface area contributed by atoms with Crippen LogP contribution < -0.4 is 5.32 Å². The molecule has 0 saturated heterocycles. The van der Waals surface area contributed by atoms with Gasteiger partial charge in [-0.2, -0.15) is 5.26 Å². The van der Waals surface area contributed by atoms with E-state index in [2.05, 4.69) is 33.4 Å². The van der Waals surface area contributed by atoms with Gasteiger partial charge in [-0.05, 0) is 98.0 Å². The third-order valence-corrected chi connectivity index (χ3v) is 7.58. The number of hydrogen-bond donors (Lipinski definition) is 1. The van der Waals surface area contributed by atoms with Gasteiger partial charge in [0.1, 0.15) is 0 Å². The highest BCUT2D eigenvalue weighted by atomic mass is 16.1. The Morgan fingerprint density at radius 2 is 1.89 bits per heavy atom. The van der Waals surface area contributed by atoms with Crippen molar-refractivity contribution in [2.24, 2.45) is 5.92 Å². The highest BCUT2D eigenvalue weighted by molar-refractivity contribution is 5.95. The van der Waals surface area contributed by atoms with Crippen LogP contribution in [0.5, 0.6) is 0 Å². The number of carbonyl (C=O) groups excluding carboxylic acids is 1. The van der Waals surface area contributed by atoms with Crippen molar-refractivity contribution in [3.63, 3.8) is 0 Å². The lowest BCUT2D eigenvalue weighted by atomic mass is 9.83. The van der Waals surface area contributed by atoms with Crippen LogP contribution in [0.25, 0.3) is 11.1 Å². The third kappa shape index (κ3) is 5.78. The molecule has 5 nitrogen and oxygen atoms in total. The fraction of sp³-hybridized carbons (Fsp3) is 0.367. The molecule has 5 heteroatoms. The van der Waals surface area contributed by atoms with Crippen molar-refractivity contribution in [3.05, 3.63) is 89.2 Å². The van der Waals surface area contributed by atoms with Crippen LogP contribution in [0.3, 0.4) is 0 Å². The lowest BCUT2D eigenvalue weighted by Gasteiger charge is -2.33. The van der Waals surface area contributed by atoms with Crippen molar-refractivity contribution < 1.29 is 4.79 Å². The first-order valence-electron chi connectivity index (χ1n) is 12.7. The van der Waals surface area contributed by atoms with Crippen molar-refractivity contribution >= 4 is 5.91 Å².